The summed E-state index contributed by atoms with van der Waals surface area (Å²) in [6.45, 7) is 8.15. The van der Waals surface area contributed by atoms with Crippen LogP contribution in [0.15, 0.2) is 24.3 Å². The zero-order valence-corrected chi connectivity index (χ0v) is 13.0. The monoisotopic (exact) mass is 289 g/mol. The largest absolute Gasteiger partial charge is 0.289 e. The zero-order chi connectivity index (χ0) is 14.9. The summed E-state index contributed by atoms with van der Waals surface area (Å²) in [5.74, 6) is 4.98. The fourth-order valence-corrected chi connectivity index (χ4v) is 3.05. The third kappa shape index (κ3) is 2.89. The van der Waals surface area contributed by atoms with E-state index in [1.807, 2.05) is 52.0 Å². The van der Waals surface area contributed by atoms with Crippen molar-refractivity contribution in [3.63, 3.8) is 0 Å². The molecule has 0 bridgehead atoms. The van der Waals surface area contributed by atoms with Crippen LogP contribution in [0.1, 0.15) is 41.7 Å². The number of hydrogen-bond acceptors (Lipinski definition) is 4. The highest BCUT2D eigenvalue weighted by Gasteiger charge is 2.27. The number of amides is 1. The molecule has 0 aliphatic heterocycles. The van der Waals surface area contributed by atoms with Crippen LogP contribution in [0.3, 0.4) is 0 Å². The second kappa shape index (κ2) is 5.34. The maximum absolute atomic E-state index is 11.9. The number of nitrogen functional groups attached to an aromatic ring is 1. The van der Waals surface area contributed by atoms with Crippen LogP contribution in [-0.4, -0.2) is 10.9 Å². The smallest absolute Gasteiger partial charge is 0.277 e. The molecule has 1 heterocycles. The van der Waals surface area contributed by atoms with Crippen molar-refractivity contribution < 1.29 is 4.79 Å². The molecular weight excluding hydrogens is 270 g/mol. The van der Waals surface area contributed by atoms with E-state index in [2.05, 4.69) is 10.4 Å². The van der Waals surface area contributed by atoms with E-state index in [1.54, 1.807) is 0 Å². The molecule has 1 aromatic heterocycles. The minimum atomic E-state index is -0.286. The molecule has 20 heavy (non-hydrogen) atoms. The highest BCUT2D eigenvalue weighted by molar-refractivity contribution is 7.17. The van der Waals surface area contributed by atoms with Crippen LogP contribution < -0.4 is 11.3 Å². The summed E-state index contributed by atoms with van der Waals surface area (Å²) in [5, 5.41) is 0.841. The van der Waals surface area contributed by atoms with E-state index in [4.69, 9.17) is 5.84 Å². The maximum Gasteiger partial charge on any atom is 0.277 e. The summed E-state index contributed by atoms with van der Waals surface area (Å²) in [4.78, 5) is 17.1. The molecule has 0 aliphatic carbocycles. The number of carbonyl (C=O) groups is 1. The van der Waals surface area contributed by atoms with Gasteiger partial charge in [0.1, 0.15) is 9.88 Å². The normalized spacial score (nSPS) is 11.4. The lowest BCUT2D eigenvalue weighted by Gasteiger charge is -2.16. The van der Waals surface area contributed by atoms with E-state index in [0.717, 1.165) is 16.3 Å². The van der Waals surface area contributed by atoms with E-state index in [1.165, 1.54) is 16.9 Å². The number of aryl methyl sites for hydroxylation is 1. The van der Waals surface area contributed by atoms with E-state index >= 15 is 0 Å². The second-order valence-corrected chi connectivity index (χ2v) is 6.79. The minimum Gasteiger partial charge on any atom is -0.289 e. The zero-order valence-electron chi connectivity index (χ0n) is 12.2. The van der Waals surface area contributed by atoms with Gasteiger partial charge in [-0.1, -0.05) is 50.6 Å². The van der Waals surface area contributed by atoms with E-state index in [-0.39, 0.29) is 11.3 Å². The summed E-state index contributed by atoms with van der Waals surface area (Å²) in [6.07, 6.45) is 0. The molecule has 2 aromatic rings. The van der Waals surface area contributed by atoms with Gasteiger partial charge >= 0.3 is 0 Å². The number of thiazole rings is 1. The first-order chi connectivity index (χ1) is 9.32. The molecular formula is C15H19N3OS. The van der Waals surface area contributed by atoms with Gasteiger partial charge in [0.05, 0.1) is 5.69 Å². The lowest BCUT2D eigenvalue weighted by molar-refractivity contribution is 0.0955. The van der Waals surface area contributed by atoms with Gasteiger partial charge < -0.3 is 0 Å². The molecule has 0 aliphatic rings. The van der Waals surface area contributed by atoms with Crippen molar-refractivity contribution in [1.82, 2.24) is 10.4 Å². The van der Waals surface area contributed by atoms with Crippen LogP contribution in [0.2, 0.25) is 0 Å². The molecule has 0 unspecified atom stereocenters. The van der Waals surface area contributed by atoms with Crippen LogP contribution in [0.5, 0.6) is 0 Å². The van der Waals surface area contributed by atoms with Crippen molar-refractivity contribution in [2.45, 2.75) is 33.1 Å². The summed E-state index contributed by atoms with van der Waals surface area (Å²) < 4.78 is 0. The van der Waals surface area contributed by atoms with Gasteiger partial charge in [0, 0.05) is 11.0 Å². The van der Waals surface area contributed by atoms with Gasteiger partial charge in [0.15, 0.2) is 0 Å². The van der Waals surface area contributed by atoms with Crippen molar-refractivity contribution in [1.29, 1.82) is 0 Å². The van der Waals surface area contributed by atoms with Crippen molar-refractivity contribution in [2.75, 3.05) is 0 Å². The number of carbonyl (C=O) groups excluding carboxylic acids is 1. The van der Waals surface area contributed by atoms with Crippen LogP contribution in [0.4, 0.5) is 0 Å². The number of aromatic nitrogens is 1. The Hall–Kier alpha value is -1.72. The Morgan fingerprint density at radius 3 is 2.35 bits per heavy atom. The highest BCUT2D eigenvalue weighted by Crippen LogP contribution is 2.34. The molecule has 0 saturated carbocycles. The summed E-state index contributed by atoms with van der Waals surface area (Å²) in [5.41, 5.74) is 4.98. The Labute approximate surface area is 123 Å². The molecule has 4 nitrogen and oxygen atoms in total. The molecule has 1 aromatic carbocycles. The maximum atomic E-state index is 11.9. The number of hydrazine groups is 1. The predicted octanol–water partition coefficient (Wildman–Crippen LogP) is 3.02. The summed E-state index contributed by atoms with van der Waals surface area (Å²) in [6, 6.07) is 8.11. The lowest BCUT2D eigenvalue weighted by Crippen LogP contribution is -2.31. The molecule has 0 fully saturated rings. The Morgan fingerprint density at radius 1 is 1.25 bits per heavy atom. The molecule has 5 heteroatoms. The fraction of sp³-hybridized carbons (Fsp3) is 0.333. The number of nitrogens with one attached hydrogen (secondary N) is 1. The Balaban J connectivity index is 2.54. The molecule has 0 spiro atoms. The van der Waals surface area contributed by atoms with Crippen LogP contribution in [0, 0.1) is 6.92 Å². The third-order valence-corrected chi connectivity index (χ3v) is 4.08. The average Bonchev–Trinajstić information content (AvgIpc) is 2.83. The molecule has 2 rings (SSSR count). The average molecular weight is 289 g/mol. The molecule has 0 atom stereocenters. The topological polar surface area (TPSA) is 68.0 Å². The molecule has 0 saturated heterocycles. The van der Waals surface area contributed by atoms with Crippen molar-refractivity contribution in [3.05, 3.63) is 40.4 Å². The fourth-order valence-electron chi connectivity index (χ4n) is 1.87. The Kier molecular flexibility index (Phi) is 3.92. The standard InChI is InChI=1S/C15H19N3OS/c1-9-5-7-10(8-6-9)14-17-12(15(2,3)4)11(20-14)13(19)18-16/h5-8H,16H2,1-4H3,(H,18,19). The first-order valence-electron chi connectivity index (χ1n) is 6.42. The number of nitrogens with two attached hydrogens (primary N) is 1. The Morgan fingerprint density at radius 2 is 1.85 bits per heavy atom. The van der Waals surface area contributed by atoms with Crippen molar-refractivity contribution in [2.24, 2.45) is 5.84 Å². The molecule has 3 N–H and O–H groups in total. The van der Waals surface area contributed by atoms with Gasteiger partial charge in [0.25, 0.3) is 5.91 Å². The lowest BCUT2D eigenvalue weighted by atomic mass is 9.91. The van der Waals surface area contributed by atoms with Crippen LogP contribution in [0.25, 0.3) is 10.6 Å². The quantitative estimate of drug-likeness (QED) is 0.507. The molecule has 0 radical (unpaired) electrons. The highest BCUT2D eigenvalue weighted by atomic mass is 32.1. The van der Waals surface area contributed by atoms with Gasteiger partial charge in [-0.25, -0.2) is 10.8 Å². The number of rotatable bonds is 2. The van der Waals surface area contributed by atoms with E-state index < -0.39 is 0 Å². The van der Waals surface area contributed by atoms with E-state index in [0.29, 0.717) is 4.88 Å². The minimum absolute atomic E-state index is 0.207. The SMILES string of the molecule is Cc1ccc(-c2nc(C(C)(C)C)c(C(=O)NN)s2)cc1. The first-order valence-corrected chi connectivity index (χ1v) is 7.24. The number of hydrogen-bond donors (Lipinski definition) is 2. The third-order valence-electron chi connectivity index (χ3n) is 2.97. The van der Waals surface area contributed by atoms with Crippen LogP contribution in [-0.2, 0) is 5.41 Å². The van der Waals surface area contributed by atoms with Crippen molar-refractivity contribution in [3.8, 4) is 10.6 Å². The summed E-state index contributed by atoms with van der Waals surface area (Å²) >= 11 is 1.37. The first kappa shape index (κ1) is 14.7. The summed E-state index contributed by atoms with van der Waals surface area (Å²) in [7, 11) is 0. The number of nitrogens with zero attached hydrogens (tertiary/aromatic N) is 1. The van der Waals surface area contributed by atoms with E-state index in [9.17, 15) is 4.79 Å². The second-order valence-electron chi connectivity index (χ2n) is 5.79. The molecule has 1 amide bonds. The van der Waals surface area contributed by atoms with Gasteiger partial charge in [-0.3, -0.25) is 10.2 Å². The van der Waals surface area contributed by atoms with Gasteiger partial charge in [-0.2, -0.15) is 0 Å². The predicted molar refractivity (Wildman–Crippen MR) is 82.6 cm³/mol. The molecule has 106 valence electrons. The van der Waals surface area contributed by atoms with Gasteiger partial charge in [-0.05, 0) is 6.92 Å². The van der Waals surface area contributed by atoms with Crippen LogP contribution >= 0.6 is 11.3 Å². The Bertz CT molecular complexity index is 624. The van der Waals surface area contributed by atoms with Crippen molar-refractivity contribution >= 4 is 17.2 Å². The van der Waals surface area contributed by atoms with Gasteiger partial charge in [0.2, 0.25) is 0 Å². The van der Waals surface area contributed by atoms with Gasteiger partial charge in [-0.15, -0.1) is 11.3 Å². The number of benzene rings is 1.